The van der Waals surface area contributed by atoms with Crippen molar-refractivity contribution in [2.24, 2.45) is 10.9 Å². The van der Waals surface area contributed by atoms with Crippen LogP contribution in [0.3, 0.4) is 0 Å². The van der Waals surface area contributed by atoms with Crippen LogP contribution in [0.15, 0.2) is 4.99 Å². The summed E-state index contributed by atoms with van der Waals surface area (Å²) in [6.07, 6.45) is 3.17. The molecule has 0 radical (unpaired) electrons. The smallest absolute Gasteiger partial charge is 0.222 e. The Balaban J connectivity index is 0.00000288. The molecule has 2 fully saturated rings. The van der Waals surface area contributed by atoms with Gasteiger partial charge in [0.15, 0.2) is 15.8 Å². The minimum Gasteiger partial charge on any atom is -0.356 e. The highest BCUT2D eigenvalue weighted by Crippen LogP contribution is 2.15. The fourth-order valence-corrected chi connectivity index (χ4v) is 4.72. The van der Waals surface area contributed by atoms with Gasteiger partial charge in [-0.1, -0.05) is 6.92 Å². The third-order valence-electron chi connectivity index (χ3n) is 4.53. The number of piperidine rings is 1. The van der Waals surface area contributed by atoms with Crippen LogP contribution in [0.25, 0.3) is 0 Å². The third kappa shape index (κ3) is 6.73. The van der Waals surface area contributed by atoms with Gasteiger partial charge in [-0.3, -0.25) is 9.79 Å². The lowest BCUT2D eigenvalue weighted by atomic mass is 10.00. The van der Waals surface area contributed by atoms with Gasteiger partial charge in [0.05, 0.1) is 11.5 Å². The van der Waals surface area contributed by atoms with Gasteiger partial charge in [-0.05, 0) is 25.2 Å². The second-order valence-corrected chi connectivity index (χ2v) is 8.79. The van der Waals surface area contributed by atoms with Gasteiger partial charge in [-0.25, -0.2) is 8.42 Å². The number of halogens is 1. The highest BCUT2D eigenvalue weighted by Gasteiger charge is 2.28. The van der Waals surface area contributed by atoms with E-state index in [2.05, 4.69) is 27.4 Å². The number of hydrogen-bond donors (Lipinski definition) is 2. The van der Waals surface area contributed by atoms with E-state index in [9.17, 15) is 13.2 Å². The number of carbonyl (C=O) groups is 1. The van der Waals surface area contributed by atoms with Gasteiger partial charge >= 0.3 is 0 Å². The molecular formula is C15H29IN4O3S. The van der Waals surface area contributed by atoms with Crippen molar-refractivity contribution in [1.82, 2.24) is 15.5 Å². The minimum atomic E-state index is -2.95. The van der Waals surface area contributed by atoms with Crippen molar-refractivity contribution in [1.29, 1.82) is 0 Å². The topological polar surface area (TPSA) is 90.9 Å². The zero-order valence-electron chi connectivity index (χ0n) is 14.5. The van der Waals surface area contributed by atoms with Crippen LogP contribution < -0.4 is 10.6 Å². The van der Waals surface area contributed by atoms with E-state index >= 15 is 0 Å². The van der Waals surface area contributed by atoms with Crippen molar-refractivity contribution < 1.29 is 13.2 Å². The summed E-state index contributed by atoms with van der Waals surface area (Å²) in [5.74, 6) is 1.74. The lowest BCUT2D eigenvalue weighted by Gasteiger charge is -2.32. The van der Waals surface area contributed by atoms with Crippen molar-refractivity contribution in [3.8, 4) is 0 Å². The van der Waals surface area contributed by atoms with Crippen LogP contribution in [0.4, 0.5) is 0 Å². The molecule has 0 aliphatic carbocycles. The van der Waals surface area contributed by atoms with E-state index in [1.165, 1.54) is 0 Å². The zero-order chi connectivity index (χ0) is 16.9. The summed E-state index contributed by atoms with van der Waals surface area (Å²) in [4.78, 5) is 18.4. The number of carbonyl (C=O) groups excluding carboxylic acids is 1. The second kappa shape index (κ2) is 9.79. The van der Waals surface area contributed by atoms with Gasteiger partial charge in [0.25, 0.3) is 0 Å². The maximum Gasteiger partial charge on any atom is 0.222 e. The van der Waals surface area contributed by atoms with E-state index in [-0.39, 0.29) is 47.4 Å². The van der Waals surface area contributed by atoms with Gasteiger partial charge in [0.2, 0.25) is 5.91 Å². The van der Waals surface area contributed by atoms with E-state index < -0.39 is 9.84 Å². The summed E-state index contributed by atoms with van der Waals surface area (Å²) in [5.41, 5.74) is 0. The molecule has 2 N–H and O–H groups in total. The molecule has 7 nitrogen and oxygen atoms in total. The average molecular weight is 472 g/mol. The van der Waals surface area contributed by atoms with Crippen LogP contribution in [0.5, 0.6) is 0 Å². The average Bonchev–Trinajstić information content (AvgIpc) is 2.83. The van der Waals surface area contributed by atoms with Gasteiger partial charge in [0.1, 0.15) is 0 Å². The third-order valence-corrected chi connectivity index (χ3v) is 6.30. The molecule has 1 unspecified atom stereocenters. The van der Waals surface area contributed by atoms with Gasteiger partial charge in [-0.2, -0.15) is 0 Å². The predicted octanol–water partition coefficient (Wildman–Crippen LogP) is 0.605. The van der Waals surface area contributed by atoms with Crippen molar-refractivity contribution in [3.63, 3.8) is 0 Å². The fraction of sp³-hybridized carbons (Fsp3) is 0.867. The molecule has 0 bridgehead atoms. The summed E-state index contributed by atoms with van der Waals surface area (Å²) >= 11 is 0. The molecule has 0 aromatic rings. The van der Waals surface area contributed by atoms with Crippen LogP contribution in [-0.2, 0) is 14.6 Å². The largest absolute Gasteiger partial charge is 0.356 e. The highest BCUT2D eigenvalue weighted by atomic mass is 127. The molecule has 1 amide bonds. The minimum absolute atomic E-state index is 0. The first-order valence-corrected chi connectivity index (χ1v) is 10.2. The summed E-state index contributed by atoms with van der Waals surface area (Å²) in [6.45, 7) is 4.76. The number of amides is 1. The normalized spacial score (nSPS) is 24.3. The van der Waals surface area contributed by atoms with Gasteiger partial charge in [-0.15, -0.1) is 24.0 Å². The van der Waals surface area contributed by atoms with Crippen LogP contribution in [0.2, 0.25) is 0 Å². The van der Waals surface area contributed by atoms with Crippen molar-refractivity contribution in [2.75, 3.05) is 38.2 Å². The van der Waals surface area contributed by atoms with Crippen molar-refractivity contribution in [2.45, 2.75) is 38.6 Å². The SMILES string of the molecule is CN=C(NCCC(=O)NC1CCS(=O)(=O)C1)N1CCC(C)CC1.I. The molecule has 24 heavy (non-hydrogen) atoms. The number of likely N-dealkylation sites (tertiary alicyclic amines) is 1. The molecular weight excluding hydrogens is 443 g/mol. The second-order valence-electron chi connectivity index (χ2n) is 6.56. The molecule has 2 aliphatic rings. The van der Waals surface area contributed by atoms with Crippen molar-refractivity contribution in [3.05, 3.63) is 0 Å². The van der Waals surface area contributed by atoms with Crippen LogP contribution in [0.1, 0.15) is 32.6 Å². The number of nitrogens with zero attached hydrogens (tertiary/aromatic N) is 2. The van der Waals surface area contributed by atoms with E-state index in [1.807, 2.05) is 0 Å². The number of sulfone groups is 1. The molecule has 0 spiro atoms. The Hall–Kier alpha value is -0.580. The first kappa shape index (κ1) is 21.5. The number of nitrogens with one attached hydrogen (secondary N) is 2. The molecule has 2 saturated heterocycles. The molecule has 1 atom stereocenters. The molecule has 0 aromatic carbocycles. The first-order chi connectivity index (χ1) is 10.9. The van der Waals surface area contributed by atoms with E-state index in [1.54, 1.807) is 7.05 Å². The number of hydrogen-bond acceptors (Lipinski definition) is 4. The Bertz CT molecular complexity index is 545. The van der Waals surface area contributed by atoms with E-state index in [0.29, 0.717) is 19.4 Å². The summed E-state index contributed by atoms with van der Waals surface area (Å²) in [5, 5.41) is 6.02. The molecule has 9 heteroatoms. The lowest BCUT2D eigenvalue weighted by Crippen LogP contribution is -2.46. The first-order valence-electron chi connectivity index (χ1n) is 8.35. The summed E-state index contributed by atoms with van der Waals surface area (Å²) < 4.78 is 22.8. The number of rotatable bonds is 4. The standard InChI is InChI=1S/C15H28N4O3S.HI/c1-12-4-8-19(9-5-12)15(16-2)17-7-3-14(20)18-13-6-10-23(21,22)11-13;/h12-13H,3-11H2,1-2H3,(H,16,17)(H,18,20);1H. The maximum absolute atomic E-state index is 11.9. The quantitative estimate of drug-likeness (QED) is 0.356. The Morgan fingerprint density at radius 2 is 1.92 bits per heavy atom. The monoisotopic (exact) mass is 472 g/mol. The Labute approximate surface area is 162 Å². The Morgan fingerprint density at radius 1 is 1.25 bits per heavy atom. The highest BCUT2D eigenvalue weighted by molar-refractivity contribution is 14.0. The Kier molecular flexibility index (Phi) is 8.75. The zero-order valence-corrected chi connectivity index (χ0v) is 17.6. The molecule has 2 rings (SSSR count). The van der Waals surface area contributed by atoms with Crippen LogP contribution in [0, 0.1) is 5.92 Å². The van der Waals surface area contributed by atoms with Crippen LogP contribution in [-0.4, -0.2) is 69.4 Å². The molecule has 2 aliphatic heterocycles. The van der Waals surface area contributed by atoms with Gasteiger partial charge in [0, 0.05) is 39.1 Å². The fourth-order valence-electron chi connectivity index (χ4n) is 3.05. The van der Waals surface area contributed by atoms with Crippen LogP contribution >= 0.6 is 24.0 Å². The summed E-state index contributed by atoms with van der Waals surface area (Å²) in [7, 11) is -1.20. The lowest BCUT2D eigenvalue weighted by molar-refractivity contribution is -0.121. The number of guanidine groups is 1. The number of aliphatic imine (C=N–C) groups is 1. The Morgan fingerprint density at radius 3 is 2.46 bits per heavy atom. The van der Waals surface area contributed by atoms with E-state index in [0.717, 1.165) is 37.8 Å². The van der Waals surface area contributed by atoms with Crippen molar-refractivity contribution >= 4 is 45.7 Å². The molecule has 140 valence electrons. The molecule has 0 saturated carbocycles. The molecule has 0 aromatic heterocycles. The summed E-state index contributed by atoms with van der Waals surface area (Å²) in [6, 6.07) is -0.226. The van der Waals surface area contributed by atoms with Gasteiger partial charge < -0.3 is 15.5 Å². The maximum atomic E-state index is 11.9. The predicted molar refractivity (Wildman–Crippen MR) is 107 cm³/mol. The molecule has 2 heterocycles. The van der Waals surface area contributed by atoms with E-state index in [4.69, 9.17) is 0 Å².